The molecule has 1 saturated heterocycles. The predicted octanol–water partition coefficient (Wildman–Crippen LogP) is 2.10. The topological polar surface area (TPSA) is 52.7 Å². The highest BCUT2D eigenvalue weighted by atomic mass is 32.2. The van der Waals surface area contributed by atoms with Crippen molar-refractivity contribution in [3.05, 3.63) is 24.3 Å². The van der Waals surface area contributed by atoms with Crippen molar-refractivity contribution in [1.82, 2.24) is 9.80 Å². The molecule has 6 heteroatoms. The summed E-state index contributed by atoms with van der Waals surface area (Å²) >= 11 is 1.67. The monoisotopic (exact) mass is 293 g/mol. The Morgan fingerprint density at radius 2 is 1.60 bits per heavy atom. The van der Waals surface area contributed by atoms with Crippen LogP contribution in [-0.4, -0.2) is 54.2 Å². The Morgan fingerprint density at radius 1 is 1.05 bits per heavy atom. The quantitative estimate of drug-likeness (QED) is 0.850. The Kier molecular flexibility index (Phi) is 4.89. The van der Waals surface area contributed by atoms with Crippen molar-refractivity contribution in [3.63, 3.8) is 0 Å². The van der Waals surface area contributed by atoms with Gasteiger partial charge < -0.3 is 15.1 Å². The van der Waals surface area contributed by atoms with Crippen LogP contribution in [0.1, 0.15) is 6.92 Å². The Labute approximate surface area is 123 Å². The highest BCUT2D eigenvalue weighted by molar-refractivity contribution is 7.98. The molecule has 0 bridgehead atoms. The van der Waals surface area contributed by atoms with Gasteiger partial charge in [-0.2, -0.15) is 0 Å². The largest absolute Gasteiger partial charge is 0.339 e. The molecule has 3 amide bonds. The average molecular weight is 293 g/mol. The van der Waals surface area contributed by atoms with E-state index in [0.717, 1.165) is 10.6 Å². The van der Waals surface area contributed by atoms with Gasteiger partial charge in [0.25, 0.3) is 0 Å². The first kappa shape index (κ1) is 14.7. The smallest absolute Gasteiger partial charge is 0.321 e. The van der Waals surface area contributed by atoms with E-state index in [-0.39, 0.29) is 11.9 Å². The van der Waals surface area contributed by atoms with Crippen LogP contribution >= 0.6 is 11.8 Å². The molecular formula is C14H19N3O2S. The lowest BCUT2D eigenvalue weighted by molar-refractivity contribution is -0.130. The maximum absolute atomic E-state index is 12.1. The zero-order valence-electron chi connectivity index (χ0n) is 11.8. The number of carbonyl (C=O) groups is 2. The van der Waals surface area contributed by atoms with Gasteiger partial charge in [0.15, 0.2) is 0 Å². The van der Waals surface area contributed by atoms with E-state index in [4.69, 9.17) is 0 Å². The fraction of sp³-hybridized carbons (Fsp3) is 0.429. The van der Waals surface area contributed by atoms with Gasteiger partial charge in [-0.25, -0.2) is 4.79 Å². The summed E-state index contributed by atoms with van der Waals surface area (Å²) in [6.45, 7) is 3.92. The third kappa shape index (κ3) is 3.66. The number of nitrogens with one attached hydrogen (secondary N) is 1. The number of nitrogens with zero attached hydrogens (tertiary/aromatic N) is 2. The minimum atomic E-state index is -0.106. The lowest BCUT2D eigenvalue weighted by Crippen LogP contribution is -2.51. The van der Waals surface area contributed by atoms with Gasteiger partial charge >= 0.3 is 6.03 Å². The molecule has 0 unspecified atom stereocenters. The van der Waals surface area contributed by atoms with Crippen molar-refractivity contribution < 1.29 is 9.59 Å². The number of carbonyl (C=O) groups excluding carboxylic acids is 2. The van der Waals surface area contributed by atoms with Crippen LogP contribution in [0.15, 0.2) is 29.2 Å². The fourth-order valence-electron chi connectivity index (χ4n) is 2.10. The van der Waals surface area contributed by atoms with Crippen LogP contribution in [0.25, 0.3) is 0 Å². The molecule has 108 valence electrons. The van der Waals surface area contributed by atoms with Crippen LogP contribution in [0, 0.1) is 0 Å². The van der Waals surface area contributed by atoms with Crippen LogP contribution in [-0.2, 0) is 4.79 Å². The zero-order chi connectivity index (χ0) is 14.5. The molecule has 1 aromatic rings. The van der Waals surface area contributed by atoms with Crippen LogP contribution in [0.3, 0.4) is 0 Å². The molecule has 0 spiro atoms. The molecule has 2 rings (SSSR count). The van der Waals surface area contributed by atoms with E-state index in [1.807, 2.05) is 30.5 Å². The van der Waals surface area contributed by atoms with E-state index >= 15 is 0 Å². The van der Waals surface area contributed by atoms with Crippen LogP contribution < -0.4 is 5.32 Å². The first-order valence-electron chi connectivity index (χ1n) is 6.55. The van der Waals surface area contributed by atoms with Gasteiger partial charge in [0, 0.05) is 43.7 Å². The number of thioether (sulfide) groups is 1. The molecular weight excluding hydrogens is 274 g/mol. The summed E-state index contributed by atoms with van der Waals surface area (Å²) in [5.74, 6) is 0.0673. The van der Waals surface area contributed by atoms with Gasteiger partial charge in [-0.1, -0.05) is 0 Å². The number of anilines is 1. The lowest BCUT2D eigenvalue weighted by atomic mass is 10.3. The van der Waals surface area contributed by atoms with Gasteiger partial charge in [-0.3, -0.25) is 4.79 Å². The summed E-state index contributed by atoms with van der Waals surface area (Å²) in [5, 5.41) is 2.88. The number of amides is 3. The van der Waals surface area contributed by atoms with E-state index in [2.05, 4.69) is 5.32 Å². The average Bonchev–Trinajstić information content (AvgIpc) is 2.48. The van der Waals surface area contributed by atoms with Gasteiger partial charge in [0.05, 0.1) is 0 Å². The Bertz CT molecular complexity index is 482. The third-order valence-electron chi connectivity index (χ3n) is 3.35. The van der Waals surface area contributed by atoms with Gasteiger partial charge in [-0.05, 0) is 30.5 Å². The van der Waals surface area contributed by atoms with E-state index < -0.39 is 0 Å². The van der Waals surface area contributed by atoms with Crippen molar-refractivity contribution in [2.24, 2.45) is 0 Å². The second-order valence-corrected chi connectivity index (χ2v) is 5.53. The summed E-state index contributed by atoms with van der Waals surface area (Å²) in [7, 11) is 0. The first-order valence-corrected chi connectivity index (χ1v) is 7.78. The number of benzene rings is 1. The highest BCUT2D eigenvalue weighted by Crippen LogP contribution is 2.17. The second-order valence-electron chi connectivity index (χ2n) is 4.65. The van der Waals surface area contributed by atoms with Crippen LogP contribution in [0.2, 0.25) is 0 Å². The molecule has 5 nitrogen and oxygen atoms in total. The highest BCUT2D eigenvalue weighted by Gasteiger charge is 2.22. The SMILES string of the molecule is CSc1ccc(NC(=O)N2CCN(C(C)=O)CC2)cc1. The van der Waals surface area contributed by atoms with Crippen molar-refractivity contribution in [1.29, 1.82) is 0 Å². The summed E-state index contributed by atoms with van der Waals surface area (Å²) in [5.41, 5.74) is 0.793. The third-order valence-corrected chi connectivity index (χ3v) is 4.10. The van der Waals surface area contributed by atoms with Crippen LogP contribution in [0.5, 0.6) is 0 Å². The number of urea groups is 1. The summed E-state index contributed by atoms with van der Waals surface area (Å²) in [6, 6.07) is 7.65. The maximum atomic E-state index is 12.1. The van der Waals surface area contributed by atoms with E-state index in [0.29, 0.717) is 26.2 Å². The van der Waals surface area contributed by atoms with Crippen LogP contribution in [0.4, 0.5) is 10.5 Å². The number of hydrogen-bond donors (Lipinski definition) is 1. The summed E-state index contributed by atoms with van der Waals surface area (Å²) in [6.07, 6.45) is 2.02. The number of hydrogen-bond acceptors (Lipinski definition) is 3. The lowest BCUT2D eigenvalue weighted by Gasteiger charge is -2.34. The molecule has 0 aromatic heterocycles. The Hall–Kier alpha value is -1.69. The summed E-state index contributed by atoms with van der Waals surface area (Å²) < 4.78 is 0. The normalized spacial score (nSPS) is 15.1. The molecule has 20 heavy (non-hydrogen) atoms. The number of piperazine rings is 1. The first-order chi connectivity index (χ1) is 9.60. The van der Waals surface area contributed by atoms with E-state index in [9.17, 15) is 9.59 Å². The molecule has 0 aliphatic carbocycles. The van der Waals surface area contributed by atoms with Crippen molar-refractivity contribution in [2.75, 3.05) is 37.8 Å². The van der Waals surface area contributed by atoms with Gasteiger partial charge in [0.1, 0.15) is 0 Å². The Balaban J connectivity index is 1.87. The molecule has 0 saturated carbocycles. The minimum Gasteiger partial charge on any atom is -0.339 e. The maximum Gasteiger partial charge on any atom is 0.321 e. The molecule has 1 N–H and O–H groups in total. The molecule has 1 aromatic carbocycles. The second kappa shape index (κ2) is 6.65. The number of rotatable bonds is 2. The molecule has 0 atom stereocenters. The minimum absolute atomic E-state index is 0.0673. The standard InChI is InChI=1S/C14H19N3O2S/c1-11(18)16-7-9-17(10-8-16)14(19)15-12-3-5-13(20-2)6-4-12/h3-6H,7-10H2,1-2H3,(H,15,19). The van der Waals surface area contributed by atoms with Gasteiger partial charge in [-0.15, -0.1) is 11.8 Å². The van der Waals surface area contributed by atoms with E-state index in [1.54, 1.807) is 28.5 Å². The van der Waals surface area contributed by atoms with Crippen molar-refractivity contribution in [3.8, 4) is 0 Å². The van der Waals surface area contributed by atoms with Crippen molar-refractivity contribution >= 4 is 29.4 Å². The molecule has 1 aliphatic rings. The molecule has 1 fully saturated rings. The molecule has 0 radical (unpaired) electrons. The Morgan fingerprint density at radius 3 is 2.10 bits per heavy atom. The summed E-state index contributed by atoms with van der Waals surface area (Å²) in [4.78, 5) is 28.0. The molecule has 1 heterocycles. The van der Waals surface area contributed by atoms with Crippen molar-refractivity contribution in [2.45, 2.75) is 11.8 Å². The molecule has 1 aliphatic heterocycles. The fourth-order valence-corrected chi connectivity index (χ4v) is 2.51. The zero-order valence-corrected chi connectivity index (χ0v) is 12.6. The predicted molar refractivity (Wildman–Crippen MR) is 81.1 cm³/mol. The van der Waals surface area contributed by atoms with E-state index in [1.165, 1.54) is 0 Å². The van der Waals surface area contributed by atoms with Gasteiger partial charge in [0.2, 0.25) is 5.91 Å².